The van der Waals surface area contributed by atoms with E-state index in [2.05, 4.69) is 81.3 Å². The molecule has 3 aromatic rings. The van der Waals surface area contributed by atoms with Crippen molar-refractivity contribution in [3.63, 3.8) is 0 Å². The largest absolute Gasteiger partial charge is 0.350 e. The second-order valence-electron chi connectivity index (χ2n) is 7.16. The van der Waals surface area contributed by atoms with Gasteiger partial charge in [0.1, 0.15) is 5.82 Å². The number of halogens is 1. The maximum Gasteiger partial charge on any atom is 0.225 e. The Morgan fingerprint density at radius 3 is 2.42 bits per heavy atom. The fraction of sp³-hybridized carbons (Fsp3) is 0.250. The van der Waals surface area contributed by atoms with Gasteiger partial charge in [-0.15, -0.1) is 0 Å². The third-order valence-electron chi connectivity index (χ3n) is 3.53. The topological polar surface area (TPSA) is 62.7 Å². The standard InChI is InChI=1S/C20H22BrN5/c1-13-8-9-15(14(21)11-13)23-18-12-17(16-7-5-6-10-22-16)24-19(25-18)26-20(2,3)4/h5-12H,1-4H3,(H2,23,24,25,26). The summed E-state index contributed by atoms with van der Waals surface area (Å²) in [5.74, 6) is 1.27. The van der Waals surface area contributed by atoms with Crippen molar-refractivity contribution in [2.24, 2.45) is 0 Å². The van der Waals surface area contributed by atoms with E-state index in [0.717, 1.165) is 21.5 Å². The number of hydrogen-bond donors (Lipinski definition) is 2. The van der Waals surface area contributed by atoms with E-state index >= 15 is 0 Å². The highest BCUT2D eigenvalue weighted by Crippen LogP contribution is 2.28. The fourth-order valence-corrected chi connectivity index (χ4v) is 3.00. The first-order chi connectivity index (χ1) is 12.3. The van der Waals surface area contributed by atoms with Crippen molar-refractivity contribution in [2.75, 3.05) is 10.6 Å². The highest BCUT2D eigenvalue weighted by molar-refractivity contribution is 9.10. The second-order valence-corrected chi connectivity index (χ2v) is 8.01. The van der Waals surface area contributed by atoms with Crippen molar-refractivity contribution in [1.82, 2.24) is 15.0 Å². The van der Waals surface area contributed by atoms with Crippen LogP contribution in [0.25, 0.3) is 11.4 Å². The van der Waals surface area contributed by atoms with Gasteiger partial charge in [-0.05, 0) is 73.5 Å². The number of nitrogens with one attached hydrogen (secondary N) is 2. The summed E-state index contributed by atoms with van der Waals surface area (Å²) in [6.45, 7) is 8.29. The van der Waals surface area contributed by atoms with Crippen LogP contribution in [-0.4, -0.2) is 20.5 Å². The molecule has 0 aliphatic carbocycles. The zero-order valence-electron chi connectivity index (χ0n) is 15.3. The van der Waals surface area contributed by atoms with Gasteiger partial charge < -0.3 is 10.6 Å². The van der Waals surface area contributed by atoms with Gasteiger partial charge in [-0.2, -0.15) is 4.98 Å². The number of aromatic nitrogens is 3. The Labute approximate surface area is 162 Å². The smallest absolute Gasteiger partial charge is 0.225 e. The molecule has 0 aliphatic heterocycles. The average Bonchev–Trinajstić information content (AvgIpc) is 2.56. The maximum absolute atomic E-state index is 4.63. The molecule has 1 aromatic carbocycles. The van der Waals surface area contributed by atoms with Gasteiger partial charge in [0.25, 0.3) is 0 Å². The molecule has 2 aromatic heterocycles. The van der Waals surface area contributed by atoms with Gasteiger partial charge in [0.05, 0.1) is 17.1 Å². The van der Waals surface area contributed by atoms with Crippen LogP contribution in [0.5, 0.6) is 0 Å². The normalized spacial score (nSPS) is 11.3. The first-order valence-electron chi connectivity index (χ1n) is 8.42. The summed E-state index contributed by atoms with van der Waals surface area (Å²) in [4.78, 5) is 13.7. The Morgan fingerprint density at radius 1 is 0.962 bits per heavy atom. The molecule has 2 N–H and O–H groups in total. The molecule has 5 nitrogen and oxygen atoms in total. The number of pyridine rings is 1. The lowest BCUT2D eigenvalue weighted by molar-refractivity contribution is 0.626. The first kappa shape index (κ1) is 18.3. The summed E-state index contributed by atoms with van der Waals surface area (Å²) < 4.78 is 0.987. The average molecular weight is 412 g/mol. The van der Waals surface area contributed by atoms with Crippen LogP contribution < -0.4 is 10.6 Å². The van der Waals surface area contributed by atoms with Crippen LogP contribution >= 0.6 is 15.9 Å². The van der Waals surface area contributed by atoms with Crippen LogP contribution in [0.15, 0.2) is 53.1 Å². The van der Waals surface area contributed by atoms with Crippen molar-refractivity contribution in [2.45, 2.75) is 33.2 Å². The van der Waals surface area contributed by atoms with Crippen molar-refractivity contribution < 1.29 is 0 Å². The monoisotopic (exact) mass is 411 g/mol. The lowest BCUT2D eigenvalue weighted by Gasteiger charge is -2.21. The van der Waals surface area contributed by atoms with E-state index < -0.39 is 0 Å². The molecule has 26 heavy (non-hydrogen) atoms. The van der Waals surface area contributed by atoms with Crippen LogP contribution in [0.4, 0.5) is 17.5 Å². The fourth-order valence-electron chi connectivity index (χ4n) is 2.41. The van der Waals surface area contributed by atoms with Gasteiger partial charge in [-0.3, -0.25) is 4.98 Å². The quantitative estimate of drug-likeness (QED) is 0.587. The Balaban J connectivity index is 2.01. The molecule has 0 saturated heterocycles. The zero-order chi connectivity index (χ0) is 18.7. The van der Waals surface area contributed by atoms with Crippen molar-refractivity contribution in [3.8, 4) is 11.4 Å². The number of hydrogen-bond acceptors (Lipinski definition) is 5. The Hall–Kier alpha value is -2.47. The molecule has 0 saturated carbocycles. The molecule has 0 fully saturated rings. The van der Waals surface area contributed by atoms with Crippen LogP contribution in [0.1, 0.15) is 26.3 Å². The van der Waals surface area contributed by atoms with Gasteiger partial charge in [0.15, 0.2) is 0 Å². The minimum Gasteiger partial charge on any atom is -0.350 e. The summed E-state index contributed by atoms with van der Waals surface area (Å²) in [7, 11) is 0. The van der Waals surface area contributed by atoms with Crippen molar-refractivity contribution >= 4 is 33.4 Å². The van der Waals surface area contributed by atoms with Crippen LogP contribution in [0.2, 0.25) is 0 Å². The Morgan fingerprint density at radius 2 is 1.77 bits per heavy atom. The molecule has 0 spiro atoms. The zero-order valence-corrected chi connectivity index (χ0v) is 16.9. The van der Waals surface area contributed by atoms with Gasteiger partial charge >= 0.3 is 0 Å². The number of rotatable bonds is 4. The summed E-state index contributed by atoms with van der Waals surface area (Å²) in [6.07, 6.45) is 1.76. The molecular weight excluding hydrogens is 390 g/mol. The van der Waals surface area contributed by atoms with Crippen LogP contribution in [0, 0.1) is 6.92 Å². The number of nitrogens with zero attached hydrogens (tertiary/aromatic N) is 3. The summed E-state index contributed by atoms with van der Waals surface area (Å²) in [5, 5.41) is 6.71. The van der Waals surface area contributed by atoms with E-state index in [-0.39, 0.29) is 5.54 Å². The maximum atomic E-state index is 4.63. The minimum absolute atomic E-state index is 0.148. The van der Waals surface area contributed by atoms with E-state index in [1.54, 1.807) is 6.20 Å². The van der Waals surface area contributed by atoms with Gasteiger partial charge in [0, 0.05) is 22.3 Å². The molecule has 0 aliphatic rings. The summed E-state index contributed by atoms with van der Waals surface area (Å²) >= 11 is 3.60. The van der Waals surface area contributed by atoms with E-state index in [9.17, 15) is 0 Å². The van der Waals surface area contributed by atoms with Gasteiger partial charge in [-0.1, -0.05) is 12.1 Å². The third-order valence-corrected chi connectivity index (χ3v) is 4.18. The number of benzene rings is 1. The van der Waals surface area contributed by atoms with E-state index in [1.807, 2.05) is 30.3 Å². The predicted molar refractivity (Wildman–Crippen MR) is 111 cm³/mol. The molecule has 3 rings (SSSR count). The lowest BCUT2D eigenvalue weighted by atomic mass is 10.1. The summed E-state index contributed by atoms with van der Waals surface area (Å²) in [5.41, 5.74) is 3.55. The van der Waals surface area contributed by atoms with Crippen LogP contribution in [-0.2, 0) is 0 Å². The van der Waals surface area contributed by atoms with Gasteiger partial charge in [0.2, 0.25) is 5.95 Å². The molecular formula is C20H22BrN5. The molecule has 134 valence electrons. The summed E-state index contributed by atoms with van der Waals surface area (Å²) in [6, 6.07) is 13.8. The second kappa shape index (κ2) is 7.41. The van der Waals surface area contributed by atoms with Crippen molar-refractivity contribution in [3.05, 3.63) is 58.7 Å². The number of aryl methyl sites for hydroxylation is 1. The minimum atomic E-state index is -0.148. The van der Waals surface area contributed by atoms with E-state index in [0.29, 0.717) is 11.8 Å². The Kier molecular flexibility index (Phi) is 5.23. The molecule has 0 unspecified atom stereocenters. The van der Waals surface area contributed by atoms with Crippen LogP contribution in [0.3, 0.4) is 0 Å². The molecule has 0 atom stereocenters. The molecule has 0 bridgehead atoms. The molecule has 0 radical (unpaired) electrons. The third kappa shape index (κ3) is 4.79. The molecule has 0 amide bonds. The van der Waals surface area contributed by atoms with Gasteiger partial charge in [-0.25, -0.2) is 4.98 Å². The molecule has 6 heteroatoms. The first-order valence-corrected chi connectivity index (χ1v) is 9.21. The van der Waals surface area contributed by atoms with E-state index in [4.69, 9.17) is 0 Å². The molecule has 2 heterocycles. The Bertz CT molecular complexity index is 904. The highest BCUT2D eigenvalue weighted by atomic mass is 79.9. The number of anilines is 3. The van der Waals surface area contributed by atoms with E-state index in [1.165, 1.54) is 5.56 Å². The SMILES string of the molecule is Cc1ccc(Nc2cc(-c3ccccn3)nc(NC(C)(C)C)n2)c(Br)c1. The van der Waals surface area contributed by atoms with Crippen molar-refractivity contribution in [1.29, 1.82) is 0 Å². The lowest BCUT2D eigenvalue weighted by Crippen LogP contribution is -2.27. The highest BCUT2D eigenvalue weighted by Gasteiger charge is 2.14. The predicted octanol–water partition coefficient (Wildman–Crippen LogP) is 5.56.